The van der Waals surface area contributed by atoms with Crippen molar-refractivity contribution in [2.75, 3.05) is 19.0 Å². The van der Waals surface area contributed by atoms with Crippen LogP contribution in [0.15, 0.2) is 67.3 Å². The number of hydrogen-bond acceptors (Lipinski definition) is 5. The summed E-state index contributed by atoms with van der Waals surface area (Å²) in [6.07, 6.45) is 0. The quantitative estimate of drug-likeness (QED) is 0.588. The SMILES string of the molecule is CN(C)c1oc(-c2ccc(Br)cc2)nc1S(=O)(=O)c1ccc(F)cc1. The summed E-state index contributed by atoms with van der Waals surface area (Å²) in [7, 11) is -0.625. The third-order valence-corrected chi connectivity index (χ3v) is 5.65. The van der Waals surface area contributed by atoms with Gasteiger partial charge in [0.25, 0.3) is 0 Å². The van der Waals surface area contributed by atoms with Gasteiger partial charge in [0.05, 0.1) is 4.90 Å². The number of benzene rings is 2. The first-order valence-electron chi connectivity index (χ1n) is 7.24. The number of sulfone groups is 1. The molecule has 3 rings (SSSR count). The predicted octanol–water partition coefficient (Wildman–Crippen LogP) is 4.14. The number of halogens is 2. The molecule has 0 saturated heterocycles. The lowest BCUT2D eigenvalue weighted by Gasteiger charge is -2.10. The fourth-order valence-corrected chi connectivity index (χ4v) is 3.84. The van der Waals surface area contributed by atoms with Crippen molar-refractivity contribution in [1.29, 1.82) is 0 Å². The van der Waals surface area contributed by atoms with Crippen LogP contribution in [-0.2, 0) is 9.84 Å². The van der Waals surface area contributed by atoms with Crippen LogP contribution in [0.3, 0.4) is 0 Å². The molecule has 0 fully saturated rings. The van der Waals surface area contributed by atoms with Gasteiger partial charge in [0.15, 0.2) is 0 Å². The Morgan fingerprint density at radius 1 is 1.04 bits per heavy atom. The summed E-state index contributed by atoms with van der Waals surface area (Å²) in [5.74, 6) is -0.207. The minimum absolute atomic E-state index is 0.0485. The van der Waals surface area contributed by atoms with Gasteiger partial charge in [-0.15, -0.1) is 0 Å². The summed E-state index contributed by atoms with van der Waals surface area (Å²) in [6.45, 7) is 0. The number of hydrogen-bond donors (Lipinski definition) is 0. The lowest BCUT2D eigenvalue weighted by atomic mass is 10.2. The van der Waals surface area contributed by atoms with Crippen molar-refractivity contribution in [2.24, 2.45) is 0 Å². The Morgan fingerprint density at radius 2 is 1.64 bits per heavy atom. The van der Waals surface area contributed by atoms with E-state index in [9.17, 15) is 12.8 Å². The molecule has 0 unspecified atom stereocenters. The van der Waals surface area contributed by atoms with Gasteiger partial charge in [-0.25, -0.2) is 12.8 Å². The number of rotatable bonds is 4. The Balaban J connectivity index is 2.14. The number of nitrogens with zero attached hydrogens (tertiary/aromatic N) is 2. The summed E-state index contributed by atoms with van der Waals surface area (Å²) < 4.78 is 45.4. The average molecular weight is 425 g/mol. The molecule has 0 radical (unpaired) electrons. The second-order valence-electron chi connectivity index (χ2n) is 5.49. The largest absolute Gasteiger partial charge is 0.419 e. The highest BCUT2D eigenvalue weighted by molar-refractivity contribution is 9.10. The fraction of sp³-hybridized carbons (Fsp3) is 0.118. The molecule has 0 saturated carbocycles. The molecule has 5 nitrogen and oxygen atoms in total. The van der Waals surface area contributed by atoms with Gasteiger partial charge in [0.1, 0.15) is 5.82 Å². The van der Waals surface area contributed by atoms with Gasteiger partial charge in [0, 0.05) is 24.1 Å². The van der Waals surface area contributed by atoms with E-state index in [1.54, 1.807) is 26.2 Å². The first-order valence-corrected chi connectivity index (χ1v) is 9.51. The van der Waals surface area contributed by atoms with Crippen molar-refractivity contribution in [3.8, 4) is 11.5 Å². The molecule has 3 aromatic rings. The van der Waals surface area contributed by atoms with Gasteiger partial charge in [-0.1, -0.05) is 15.9 Å². The van der Waals surface area contributed by atoms with Crippen LogP contribution in [-0.4, -0.2) is 27.5 Å². The fourth-order valence-electron chi connectivity index (χ4n) is 2.20. The van der Waals surface area contributed by atoms with Gasteiger partial charge in [-0.3, -0.25) is 0 Å². The number of oxazole rings is 1. The molecule has 1 heterocycles. The molecule has 0 amide bonds. The van der Waals surface area contributed by atoms with E-state index in [2.05, 4.69) is 20.9 Å². The normalized spacial score (nSPS) is 11.5. The summed E-state index contributed by atoms with van der Waals surface area (Å²) in [5, 5.41) is -0.206. The van der Waals surface area contributed by atoms with Crippen molar-refractivity contribution in [2.45, 2.75) is 9.92 Å². The molecule has 8 heteroatoms. The average Bonchev–Trinajstić information content (AvgIpc) is 3.02. The first-order chi connectivity index (χ1) is 11.8. The third kappa shape index (κ3) is 3.45. The van der Waals surface area contributed by atoms with Crippen LogP contribution in [0.1, 0.15) is 0 Å². The summed E-state index contributed by atoms with van der Waals surface area (Å²) in [4.78, 5) is 5.68. The van der Waals surface area contributed by atoms with Gasteiger partial charge in [-0.05, 0) is 48.5 Å². The van der Waals surface area contributed by atoms with E-state index in [0.717, 1.165) is 16.6 Å². The van der Waals surface area contributed by atoms with E-state index >= 15 is 0 Å². The Bertz CT molecular complexity index is 997. The van der Waals surface area contributed by atoms with Crippen LogP contribution >= 0.6 is 15.9 Å². The Hall–Kier alpha value is -2.19. The Morgan fingerprint density at radius 3 is 2.20 bits per heavy atom. The molecule has 0 aliphatic heterocycles. The zero-order valence-corrected chi connectivity index (χ0v) is 15.8. The molecule has 1 aromatic heterocycles. The van der Waals surface area contributed by atoms with E-state index in [1.165, 1.54) is 17.0 Å². The maximum Gasteiger partial charge on any atom is 0.235 e. The van der Waals surface area contributed by atoms with E-state index in [4.69, 9.17) is 4.42 Å². The standard InChI is InChI=1S/C17H14BrFN2O3S/c1-21(2)17-16(25(22,23)14-9-7-13(19)8-10-14)20-15(24-17)11-3-5-12(18)6-4-11/h3-10H,1-2H3. The van der Waals surface area contributed by atoms with Gasteiger partial charge < -0.3 is 9.32 Å². The second kappa shape index (κ2) is 6.61. The predicted molar refractivity (Wildman–Crippen MR) is 95.8 cm³/mol. The van der Waals surface area contributed by atoms with Crippen LogP contribution in [0.25, 0.3) is 11.5 Å². The molecule has 0 spiro atoms. The molecule has 0 atom stereocenters. The van der Waals surface area contributed by atoms with Crippen molar-refractivity contribution in [3.05, 3.63) is 58.8 Å². The molecule has 0 bridgehead atoms. The third-order valence-electron chi connectivity index (χ3n) is 3.46. The Kier molecular flexibility index (Phi) is 4.66. The van der Waals surface area contributed by atoms with Gasteiger partial charge >= 0.3 is 0 Å². The summed E-state index contributed by atoms with van der Waals surface area (Å²) in [6, 6.07) is 11.8. The molecule has 2 aromatic carbocycles. The van der Waals surface area contributed by atoms with Crippen molar-refractivity contribution >= 4 is 31.7 Å². The molecule has 25 heavy (non-hydrogen) atoms. The highest BCUT2D eigenvalue weighted by atomic mass is 79.9. The van der Waals surface area contributed by atoms with Gasteiger partial charge in [-0.2, -0.15) is 4.98 Å². The number of anilines is 1. The minimum atomic E-state index is -3.95. The maximum atomic E-state index is 13.1. The topological polar surface area (TPSA) is 63.4 Å². The highest BCUT2D eigenvalue weighted by Crippen LogP contribution is 2.34. The van der Waals surface area contributed by atoms with E-state index < -0.39 is 15.7 Å². The number of aromatic nitrogens is 1. The van der Waals surface area contributed by atoms with E-state index in [1.807, 2.05) is 12.1 Å². The zero-order valence-electron chi connectivity index (χ0n) is 13.4. The van der Waals surface area contributed by atoms with Gasteiger partial charge in [0.2, 0.25) is 26.6 Å². The van der Waals surface area contributed by atoms with Crippen LogP contribution < -0.4 is 4.90 Å². The van der Waals surface area contributed by atoms with Crippen molar-refractivity contribution in [3.63, 3.8) is 0 Å². The lowest BCUT2D eigenvalue weighted by molar-refractivity contribution is 0.564. The van der Waals surface area contributed by atoms with E-state index in [-0.39, 0.29) is 21.7 Å². The van der Waals surface area contributed by atoms with E-state index in [0.29, 0.717) is 5.56 Å². The summed E-state index contributed by atoms with van der Waals surface area (Å²) >= 11 is 3.34. The van der Waals surface area contributed by atoms with Crippen molar-refractivity contribution < 1.29 is 17.2 Å². The molecule has 0 aliphatic rings. The smallest absolute Gasteiger partial charge is 0.235 e. The van der Waals surface area contributed by atoms with Crippen LogP contribution in [0, 0.1) is 5.82 Å². The van der Waals surface area contributed by atoms with Crippen LogP contribution in [0.5, 0.6) is 0 Å². The first kappa shape index (κ1) is 17.6. The summed E-state index contributed by atoms with van der Waals surface area (Å²) in [5.41, 5.74) is 0.645. The molecule has 0 aliphatic carbocycles. The minimum Gasteiger partial charge on any atom is -0.419 e. The zero-order chi connectivity index (χ0) is 18.2. The maximum absolute atomic E-state index is 13.1. The van der Waals surface area contributed by atoms with Crippen molar-refractivity contribution in [1.82, 2.24) is 4.98 Å². The monoisotopic (exact) mass is 424 g/mol. The molecular weight excluding hydrogens is 411 g/mol. The molecule has 0 N–H and O–H groups in total. The van der Waals surface area contributed by atoms with Crippen LogP contribution in [0.2, 0.25) is 0 Å². The lowest BCUT2D eigenvalue weighted by Crippen LogP contribution is -2.13. The molecular formula is C17H14BrFN2O3S. The highest BCUT2D eigenvalue weighted by Gasteiger charge is 2.29. The second-order valence-corrected chi connectivity index (χ2v) is 8.27. The molecule has 130 valence electrons. The Labute approximate surface area is 153 Å². The van der Waals surface area contributed by atoms with Crippen LogP contribution in [0.4, 0.5) is 10.3 Å².